The largest absolute Gasteiger partial charge is 0.381 e. The molecule has 3 aromatic carbocycles. The van der Waals surface area contributed by atoms with Crippen molar-refractivity contribution in [1.29, 1.82) is 0 Å². The molecule has 0 saturated carbocycles. The van der Waals surface area contributed by atoms with Crippen molar-refractivity contribution in [3.63, 3.8) is 0 Å². The predicted molar refractivity (Wildman–Crippen MR) is 104 cm³/mol. The third kappa shape index (κ3) is 5.07. The van der Waals surface area contributed by atoms with Gasteiger partial charge in [-0.2, -0.15) is 0 Å². The molecule has 0 aliphatic carbocycles. The summed E-state index contributed by atoms with van der Waals surface area (Å²) in [5, 5.41) is 6.66. The molecule has 0 aliphatic heterocycles. The molecule has 5 heteroatoms. The maximum atomic E-state index is 13.6. The molecule has 0 heterocycles. The van der Waals surface area contributed by atoms with Gasteiger partial charge in [-0.3, -0.25) is 4.79 Å². The Labute approximate surface area is 156 Å². The van der Waals surface area contributed by atoms with Crippen molar-refractivity contribution >= 4 is 28.9 Å². The quantitative estimate of drug-likeness (QED) is 0.622. The standard InChI is InChI=1S/C21H18ClFN2O/c22-17-7-5-15(6-8-17)13-21(26)25-19-11-9-18(10-12-19)24-14-16-3-1-2-4-20(16)23/h1-12,24H,13-14H2,(H,25,26). The molecule has 132 valence electrons. The first-order valence-electron chi connectivity index (χ1n) is 8.22. The summed E-state index contributed by atoms with van der Waals surface area (Å²) in [6.07, 6.45) is 0.282. The number of rotatable bonds is 6. The van der Waals surface area contributed by atoms with Crippen LogP contribution in [0.5, 0.6) is 0 Å². The summed E-state index contributed by atoms with van der Waals surface area (Å²) in [4.78, 5) is 12.1. The highest BCUT2D eigenvalue weighted by Gasteiger charge is 2.05. The van der Waals surface area contributed by atoms with Gasteiger partial charge in [0, 0.05) is 28.5 Å². The minimum atomic E-state index is -0.230. The van der Waals surface area contributed by atoms with E-state index in [4.69, 9.17) is 11.6 Å². The van der Waals surface area contributed by atoms with Crippen LogP contribution in [0.1, 0.15) is 11.1 Å². The van der Waals surface area contributed by atoms with Crippen LogP contribution in [0.15, 0.2) is 72.8 Å². The third-order valence-electron chi connectivity index (χ3n) is 3.89. The number of hydrogen-bond acceptors (Lipinski definition) is 2. The van der Waals surface area contributed by atoms with E-state index in [1.807, 2.05) is 36.4 Å². The molecule has 0 aliphatic rings. The van der Waals surface area contributed by atoms with Gasteiger partial charge in [0.15, 0.2) is 0 Å². The highest BCUT2D eigenvalue weighted by molar-refractivity contribution is 6.30. The molecular formula is C21H18ClFN2O. The van der Waals surface area contributed by atoms with E-state index in [1.165, 1.54) is 6.07 Å². The van der Waals surface area contributed by atoms with Crippen molar-refractivity contribution in [2.45, 2.75) is 13.0 Å². The number of benzene rings is 3. The number of anilines is 2. The molecule has 26 heavy (non-hydrogen) atoms. The summed E-state index contributed by atoms with van der Waals surface area (Å²) in [5.41, 5.74) is 3.06. The Morgan fingerprint density at radius 3 is 2.23 bits per heavy atom. The average molecular weight is 369 g/mol. The maximum absolute atomic E-state index is 13.6. The topological polar surface area (TPSA) is 41.1 Å². The number of hydrogen-bond donors (Lipinski definition) is 2. The van der Waals surface area contributed by atoms with Gasteiger partial charge in [0.25, 0.3) is 0 Å². The van der Waals surface area contributed by atoms with E-state index in [-0.39, 0.29) is 18.1 Å². The van der Waals surface area contributed by atoms with Gasteiger partial charge in [0.1, 0.15) is 5.82 Å². The maximum Gasteiger partial charge on any atom is 0.228 e. The molecule has 0 spiro atoms. The molecule has 0 bridgehead atoms. The van der Waals surface area contributed by atoms with Crippen molar-refractivity contribution in [2.75, 3.05) is 10.6 Å². The van der Waals surface area contributed by atoms with Gasteiger partial charge in [-0.1, -0.05) is 41.9 Å². The molecule has 0 unspecified atom stereocenters. The van der Waals surface area contributed by atoms with Crippen LogP contribution >= 0.6 is 11.6 Å². The van der Waals surface area contributed by atoms with Gasteiger partial charge in [0.05, 0.1) is 6.42 Å². The second-order valence-corrected chi connectivity index (χ2v) is 6.31. The van der Waals surface area contributed by atoms with Crippen molar-refractivity contribution in [3.05, 3.63) is 94.8 Å². The summed E-state index contributed by atoms with van der Waals surface area (Å²) >= 11 is 5.84. The first kappa shape index (κ1) is 18.0. The second kappa shape index (κ2) is 8.50. The highest BCUT2D eigenvalue weighted by atomic mass is 35.5. The van der Waals surface area contributed by atoms with Crippen LogP contribution in [0.2, 0.25) is 5.02 Å². The monoisotopic (exact) mass is 368 g/mol. The minimum Gasteiger partial charge on any atom is -0.381 e. The van der Waals surface area contributed by atoms with E-state index in [1.54, 1.807) is 30.3 Å². The lowest BCUT2D eigenvalue weighted by Crippen LogP contribution is -2.14. The Morgan fingerprint density at radius 1 is 0.885 bits per heavy atom. The first-order chi connectivity index (χ1) is 12.6. The zero-order valence-corrected chi connectivity index (χ0v) is 14.8. The number of halogens is 2. The van der Waals surface area contributed by atoms with Crippen LogP contribution in [-0.2, 0) is 17.8 Å². The fraction of sp³-hybridized carbons (Fsp3) is 0.0952. The van der Waals surface area contributed by atoms with Crippen molar-refractivity contribution in [1.82, 2.24) is 0 Å². The van der Waals surface area contributed by atoms with Gasteiger partial charge in [-0.25, -0.2) is 4.39 Å². The lowest BCUT2D eigenvalue weighted by atomic mass is 10.1. The van der Waals surface area contributed by atoms with Crippen LogP contribution in [0, 0.1) is 5.82 Å². The Bertz CT molecular complexity index is 879. The number of carbonyl (C=O) groups is 1. The van der Waals surface area contributed by atoms with Crippen LogP contribution in [0.4, 0.5) is 15.8 Å². The fourth-order valence-corrected chi connectivity index (χ4v) is 2.63. The zero-order chi connectivity index (χ0) is 18.4. The van der Waals surface area contributed by atoms with Gasteiger partial charge in [-0.15, -0.1) is 0 Å². The number of nitrogens with one attached hydrogen (secondary N) is 2. The van der Waals surface area contributed by atoms with Crippen molar-refractivity contribution in [3.8, 4) is 0 Å². The lowest BCUT2D eigenvalue weighted by molar-refractivity contribution is -0.115. The number of amides is 1. The summed E-state index contributed by atoms with van der Waals surface area (Å²) in [5.74, 6) is -0.328. The molecule has 3 rings (SSSR count). The summed E-state index contributed by atoms with van der Waals surface area (Å²) in [7, 11) is 0. The molecule has 3 nitrogen and oxygen atoms in total. The van der Waals surface area contributed by atoms with E-state index >= 15 is 0 Å². The molecule has 1 amide bonds. The normalized spacial score (nSPS) is 10.4. The smallest absolute Gasteiger partial charge is 0.228 e. The van der Waals surface area contributed by atoms with Gasteiger partial charge < -0.3 is 10.6 Å². The van der Waals surface area contributed by atoms with E-state index in [0.717, 1.165) is 11.3 Å². The van der Waals surface area contributed by atoms with Crippen LogP contribution in [0.3, 0.4) is 0 Å². The van der Waals surface area contributed by atoms with Crippen LogP contribution < -0.4 is 10.6 Å². The van der Waals surface area contributed by atoms with Crippen molar-refractivity contribution in [2.24, 2.45) is 0 Å². The average Bonchev–Trinajstić information content (AvgIpc) is 2.64. The molecular weight excluding hydrogens is 351 g/mol. The molecule has 0 aromatic heterocycles. The van der Waals surface area contributed by atoms with Crippen LogP contribution in [0.25, 0.3) is 0 Å². The SMILES string of the molecule is O=C(Cc1ccc(Cl)cc1)Nc1ccc(NCc2ccccc2F)cc1. The highest BCUT2D eigenvalue weighted by Crippen LogP contribution is 2.16. The fourth-order valence-electron chi connectivity index (χ4n) is 2.50. The summed E-state index contributed by atoms with van der Waals surface area (Å²) < 4.78 is 13.6. The van der Waals surface area contributed by atoms with E-state index in [9.17, 15) is 9.18 Å². The van der Waals surface area contributed by atoms with Crippen LogP contribution in [-0.4, -0.2) is 5.91 Å². The molecule has 0 radical (unpaired) electrons. The molecule has 0 saturated heterocycles. The van der Waals surface area contributed by atoms with Gasteiger partial charge >= 0.3 is 0 Å². The Kier molecular flexibility index (Phi) is 5.87. The Balaban J connectivity index is 1.53. The molecule has 0 atom stereocenters. The Hall–Kier alpha value is -2.85. The molecule has 3 aromatic rings. The summed E-state index contributed by atoms with van der Waals surface area (Å²) in [6.45, 7) is 0.398. The second-order valence-electron chi connectivity index (χ2n) is 5.87. The van der Waals surface area contributed by atoms with E-state index in [2.05, 4.69) is 10.6 Å². The summed E-state index contributed by atoms with van der Waals surface area (Å²) in [6, 6.07) is 21.2. The first-order valence-corrected chi connectivity index (χ1v) is 8.59. The van der Waals surface area contributed by atoms with E-state index < -0.39 is 0 Å². The minimum absolute atomic E-state index is 0.0978. The predicted octanol–water partition coefficient (Wildman–Crippen LogP) is 5.27. The zero-order valence-electron chi connectivity index (χ0n) is 14.0. The molecule has 2 N–H and O–H groups in total. The molecule has 0 fully saturated rings. The Morgan fingerprint density at radius 2 is 1.54 bits per heavy atom. The lowest BCUT2D eigenvalue weighted by Gasteiger charge is -2.09. The number of carbonyl (C=O) groups excluding carboxylic acids is 1. The third-order valence-corrected chi connectivity index (χ3v) is 4.14. The van der Waals surface area contributed by atoms with E-state index in [0.29, 0.717) is 22.8 Å². The van der Waals surface area contributed by atoms with Gasteiger partial charge in [0.2, 0.25) is 5.91 Å². The van der Waals surface area contributed by atoms with Crippen molar-refractivity contribution < 1.29 is 9.18 Å². The van der Waals surface area contributed by atoms with Gasteiger partial charge in [-0.05, 0) is 48.0 Å².